The number of carboxylic acid groups (broad SMARTS) is 1. The molecular formula is C24H23F3N2O4. The highest BCUT2D eigenvalue weighted by atomic mass is 19.4. The number of alkyl halides is 3. The first-order valence-electron chi connectivity index (χ1n) is 9.98. The Bertz CT molecular complexity index is 1230. The van der Waals surface area contributed by atoms with Gasteiger partial charge < -0.3 is 19.7 Å². The normalized spacial score (nSPS) is 11.4. The van der Waals surface area contributed by atoms with Crippen molar-refractivity contribution < 1.29 is 32.6 Å². The SMILES string of the molecule is C=C(CNC(=O)c1ccc2c(c1)c(Cc1ccc(C(=O)O)cc1OC)cn2C)CC(F)(F)F. The third kappa shape index (κ3) is 5.74. The molecule has 0 aliphatic rings. The van der Waals surface area contributed by atoms with E-state index in [1.165, 1.54) is 19.2 Å². The second kappa shape index (κ2) is 9.40. The van der Waals surface area contributed by atoms with E-state index in [0.29, 0.717) is 17.7 Å². The van der Waals surface area contributed by atoms with Crippen LogP contribution < -0.4 is 10.1 Å². The van der Waals surface area contributed by atoms with Gasteiger partial charge in [-0.25, -0.2) is 4.79 Å². The Morgan fingerprint density at radius 1 is 1.12 bits per heavy atom. The number of carboxylic acids is 1. The Morgan fingerprint density at radius 3 is 2.45 bits per heavy atom. The van der Waals surface area contributed by atoms with E-state index in [2.05, 4.69) is 11.9 Å². The number of carbonyl (C=O) groups is 2. The van der Waals surface area contributed by atoms with E-state index >= 15 is 0 Å². The number of ether oxygens (including phenoxy) is 1. The van der Waals surface area contributed by atoms with Crippen molar-refractivity contribution in [3.8, 4) is 5.75 Å². The van der Waals surface area contributed by atoms with E-state index in [1.54, 1.807) is 24.3 Å². The number of benzene rings is 2. The van der Waals surface area contributed by atoms with Crippen LogP contribution in [0, 0.1) is 0 Å². The first-order valence-corrected chi connectivity index (χ1v) is 9.98. The molecule has 1 heterocycles. The molecule has 0 bridgehead atoms. The topological polar surface area (TPSA) is 80.6 Å². The zero-order valence-corrected chi connectivity index (χ0v) is 18.1. The predicted molar refractivity (Wildman–Crippen MR) is 118 cm³/mol. The highest BCUT2D eigenvalue weighted by molar-refractivity contribution is 5.99. The summed E-state index contributed by atoms with van der Waals surface area (Å²) in [5.41, 5.74) is 2.80. The van der Waals surface area contributed by atoms with Crippen LogP contribution in [0.4, 0.5) is 13.2 Å². The first kappa shape index (κ1) is 23.9. The quantitative estimate of drug-likeness (QED) is 0.477. The van der Waals surface area contributed by atoms with Crippen LogP contribution in [-0.4, -0.2) is 41.4 Å². The van der Waals surface area contributed by atoms with E-state index in [0.717, 1.165) is 22.0 Å². The van der Waals surface area contributed by atoms with E-state index in [9.17, 15) is 27.9 Å². The summed E-state index contributed by atoms with van der Waals surface area (Å²) in [6, 6.07) is 9.70. The highest BCUT2D eigenvalue weighted by Crippen LogP contribution is 2.29. The molecule has 0 radical (unpaired) electrons. The Morgan fingerprint density at radius 2 is 1.82 bits per heavy atom. The molecule has 9 heteroatoms. The molecule has 0 saturated carbocycles. The fourth-order valence-corrected chi connectivity index (χ4v) is 3.64. The Kier molecular flexibility index (Phi) is 6.81. The average Bonchev–Trinajstić information content (AvgIpc) is 3.05. The summed E-state index contributed by atoms with van der Waals surface area (Å²) >= 11 is 0. The number of methoxy groups -OCH3 is 1. The molecule has 0 atom stereocenters. The van der Waals surface area contributed by atoms with Crippen LogP contribution in [-0.2, 0) is 13.5 Å². The van der Waals surface area contributed by atoms with Gasteiger partial charge in [0.25, 0.3) is 5.91 Å². The van der Waals surface area contributed by atoms with Gasteiger partial charge in [0.15, 0.2) is 0 Å². The van der Waals surface area contributed by atoms with Gasteiger partial charge in [-0.05, 0) is 47.0 Å². The second-order valence-electron chi connectivity index (χ2n) is 7.73. The molecule has 0 fully saturated rings. The maximum absolute atomic E-state index is 12.5. The lowest BCUT2D eigenvalue weighted by atomic mass is 10.0. The summed E-state index contributed by atoms with van der Waals surface area (Å²) in [5, 5.41) is 12.5. The van der Waals surface area contributed by atoms with Gasteiger partial charge in [0, 0.05) is 42.7 Å². The minimum absolute atomic E-state index is 0.111. The molecule has 0 aliphatic heterocycles. The summed E-state index contributed by atoms with van der Waals surface area (Å²) in [5.74, 6) is -1.12. The standard InChI is InChI=1S/C24H23F3N2O4/c1-14(11-24(25,26)27)12-28-22(30)16-6-7-20-19(9-16)18(13-29(20)2)8-15-4-5-17(23(31)32)10-21(15)33-3/h4-7,9-10,13H,1,8,11-12H2,2-3H3,(H,28,30)(H,31,32). The van der Waals surface area contributed by atoms with Gasteiger partial charge in [-0.3, -0.25) is 4.79 Å². The van der Waals surface area contributed by atoms with Crippen LogP contribution in [0.5, 0.6) is 5.75 Å². The van der Waals surface area contributed by atoms with Gasteiger partial charge in [0.05, 0.1) is 19.1 Å². The molecule has 174 valence electrons. The number of hydrogen-bond acceptors (Lipinski definition) is 3. The lowest BCUT2D eigenvalue weighted by Crippen LogP contribution is -2.26. The fraction of sp³-hybridized carbons (Fsp3) is 0.250. The van der Waals surface area contributed by atoms with Crippen molar-refractivity contribution in [3.63, 3.8) is 0 Å². The van der Waals surface area contributed by atoms with Crippen LogP contribution in [0.15, 0.2) is 54.7 Å². The zero-order chi connectivity index (χ0) is 24.3. The van der Waals surface area contributed by atoms with Crippen molar-refractivity contribution in [1.29, 1.82) is 0 Å². The number of halogens is 3. The van der Waals surface area contributed by atoms with Crippen LogP contribution in [0.2, 0.25) is 0 Å². The molecule has 3 rings (SSSR count). The number of carbonyl (C=O) groups excluding carboxylic acids is 1. The summed E-state index contributed by atoms with van der Waals surface area (Å²) < 4.78 is 44.6. The van der Waals surface area contributed by atoms with E-state index < -0.39 is 24.5 Å². The van der Waals surface area contributed by atoms with Crippen molar-refractivity contribution in [1.82, 2.24) is 9.88 Å². The van der Waals surface area contributed by atoms with Crippen LogP contribution in [0.1, 0.15) is 38.3 Å². The number of aryl methyl sites for hydroxylation is 1. The van der Waals surface area contributed by atoms with Crippen molar-refractivity contribution in [3.05, 3.63) is 77.0 Å². The number of fused-ring (bicyclic) bond motifs is 1. The average molecular weight is 460 g/mol. The van der Waals surface area contributed by atoms with Crippen molar-refractivity contribution >= 4 is 22.8 Å². The van der Waals surface area contributed by atoms with E-state index in [1.807, 2.05) is 17.8 Å². The van der Waals surface area contributed by atoms with Crippen LogP contribution >= 0.6 is 0 Å². The third-order valence-corrected chi connectivity index (χ3v) is 5.20. The molecule has 1 amide bonds. The summed E-state index contributed by atoms with van der Waals surface area (Å²) in [4.78, 5) is 23.7. The lowest BCUT2D eigenvalue weighted by Gasteiger charge is -2.11. The number of amides is 1. The maximum Gasteiger partial charge on any atom is 0.392 e. The minimum Gasteiger partial charge on any atom is -0.496 e. The molecule has 0 spiro atoms. The van der Waals surface area contributed by atoms with Gasteiger partial charge in [-0.1, -0.05) is 12.6 Å². The number of nitrogens with one attached hydrogen (secondary N) is 1. The molecular weight excluding hydrogens is 437 g/mol. The van der Waals surface area contributed by atoms with Crippen molar-refractivity contribution in [2.45, 2.75) is 19.0 Å². The van der Waals surface area contributed by atoms with Gasteiger partial charge in [0.2, 0.25) is 0 Å². The number of rotatable bonds is 8. The lowest BCUT2D eigenvalue weighted by molar-refractivity contribution is -0.127. The Labute approximate surface area is 188 Å². The first-order chi connectivity index (χ1) is 15.5. The Hall–Kier alpha value is -3.75. The van der Waals surface area contributed by atoms with Gasteiger partial charge >= 0.3 is 12.1 Å². The van der Waals surface area contributed by atoms with Crippen molar-refractivity contribution in [2.24, 2.45) is 7.05 Å². The smallest absolute Gasteiger partial charge is 0.392 e. The molecule has 2 N–H and O–H groups in total. The van der Waals surface area contributed by atoms with E-state index in [-0.39, 0.29) is 17.7 Å². The van der Waals surface area contributed by atoms with Crippen molar-refractivity contribution in [2.75, 3.05) is 13.7 Å². The monoisotopic (exact) mass is 460 g/mol. The molecule has 6 nitrogen and oxygen atoms in total. The molecule has 0 unspecified atom stereocenters. The summed E-state index contributed by atoms with van der Waals surface area (Å²) in [6.45, 7) is 3.09. The number of hydrogen-bond donors (Lipinski definition) is 2. The maximum atomic E-state index is 12.5. The highest BCUT2D eigenvalue weighted by Gasteiger charge is 2.28. The minimum atomic E-state index is -4.37. The summed E-state index contributed by atoms with van der Waals surface area (Å²) in [6.07, 6.45) is -3.20. The number of aromatic carboxylic acids is 1. The third-order valence-electron chi connectivity index (χ3n) is 5.20. The predicted octanol–water partition coefficient (Wildman–Crippen LogP) is 4.71. The molecule has 2 aromatic carbocycles. The van der Waals surface area contributed by atoms with Gasteiger partial charge in [-0.15, -0.1) is 0 Å². The van der Waals surface area contributed by atoms with E-state index in [4.69, 9.17) is 4.74 Å². The zero-order valence-electron chi connectivity index (χ0n) is 18.1. The molecule has 1 aromatic heterocycles. The van der Waals surface area contributed by atoms with Crippen LogP contribution in [0.25, 0.3) is 10.9 Å². The molecule has 3 aromatic rings. The molecule has 0 aliphatic carbocycles. The summed E-state index contributed by atoms with van der Waals surface area (Å²) in [7, 11) is 3.32. The second-order valence-corrected chi connectivity index (χ2v) is 7.73. The van der Waals surface area contributed by atoms with Gasteiger partial charge in [0.1, 0.15) is 5.75 Å². The number of nitrogens with zero attached hydrogens (tertiary/aromatic N) is 1. The van der Waals surface area contributed by atoms with Gasteiger partial charge in [-0.2, -0.15) is 13.2 Å². The number of aromatic nitrogens is 1. The Balaban J connectivity index is 1.85. The molecule has 33 heavy (non-hydrogen) atoms. The fourth-order valence-electron chi connectivity index (χ4n) is 3.64. The van der Waals surface area contributed by atoms with Crippen LogP contribution in [0.3, 0.4) is 0 Å². The molecule has 0 saturated heterocycles. The largest absolute Gasteiger partial charge is 0.496 e.